The van der Waals surface area contributed by atoms with Gasteiger partial charge in [-0.25, -0.2) is 0 Å². The molecule has 0 saturated heterocycles. The molecule has 0 unspecified atom stereocenters. The largest absolute Gasteiger partial charge is 0.324 e. The number of amides is 1. The Morgan fingerprint density at radius 3 is 2.57 bits per heavy atom. The average molecular weight is 317 g/mol. The van der Waals surface area contributed by atoms with E-state index in [0.717, 1.165) is 16.3 Å². The highest BCUT2D eigenvalue weighted by atomic mass is 32.2. The van der Waals surface area contributed by atoms with Crippen LogP contribution in [0.1, 0.15) is 11.1 Å². The van der Waals surface area contributed by atoms with Crippen molar-refractivity contribution < 1.29 is 4.79 Å². The van der Waals surface area contributed by atoms with Gasteiger partial charge in [-0.2, -0.15) is 0 Å². The van der Waals surface area contributed by atoms with E-state index in [9.17, 15) is 4.79 Å². The lowest BCUT2D eigenvalue weighted by Crippen LogP contribution is -2.14. The highest BCUT2D eigenvalue weighted by molar-refractivity contribution is 7.99. The maximum Gasteiger partial charge on any atom is 0.234 e. The average Bonchev–Trinajstić information content (AvgIpc) is 2.50. The lowest BCUT2D eigenvalue weighted by Gasteiger charge is -2.09. The van der Waals surface area contributed by atoms with Crippen LogP contribution in [0.3, 0.4) is 0 Å². The van der Waals surface area contributed by atoms with Gasteiger partial charge >= 0.3 is 0 Å². The van der Waals surface area contributed by atoms with Crippen LogP contribution in [0.5, 0.6) is 0 Å². The second-order valence-electron chi connectivity index (χ2n) is 4.67. The van der Waals surface area contributed by atoms with Crippen LogP contribution in [0, 0.1) is 6.92 Å². The Balaban J connectivity index is 1.84. The number of carbonyl (C=O) groups is 1. The molecule has 0 spiro atoms. The van der Waals surface area contributed by atoms with Crippen LogP contribution in [0.4, 0.5) is 5.69 Å². The second-order valence-corrected chi connectivity index (χ2v) is 6.50. The number of rotatable bonds is 6. The maximum atomic E-state index is 12.0. The topological polar surface area (TPSA) is 29.1 Å². The lowest BCUT2D eigenvalue weighted by molar-refractivity contribution is -0.113. The van der Waals surface area contributed by atoms with E-state index in [1.54, 1.807) is 23.5 Å². The molecule has 110 valence electrons. The number of hydrogen-bond acceptors (Lipinski definition) is 3. The smallest absolute Gasteiger partial charge is 0.234 e. The van der Waals surface area contributed by atoms with Gasteiger partial charge in [0.1, 0.15) is 0 Å². The molecule has 21 heavy (non-hydrogen) atoms. The van der Waals surface area contributed by atoms with Gasteiger partial charge in [-0.15, -0.1) is 23.5 Å². The normalized spacial score (nSPS) is 10.4. The minimum atomic E-state index is 0.0510. The lowest BCUT2D eigenvalue weighted by atomic mass is 10.1. The van der Waals surface area contributed by atoms with Gasteiger partial charge in [0, 0.05) is 10.6 Å². The van der Waals surface area contributed by atoms with E-state index in [1.807, 2.05) is 42.7 Å². The van der Waals surface area contributed by atoms with Crippen molar-refractivity contribution in [2.75, 3.05) is 17.3 Å². The number of hydrogen-bond donors (Lipinski definition) is 1. The number of nitrogens with one attached hydrogen (secondary N) is 1. The summed E-state index contributed by atoms with van der Waals surface area (Å²) in [7, 11) is 0. The molecule has 2 nitrogen and oxygen atoms in total. The van der Waals surface area contributed by atoms with Crippen molar-refractivity contribution in [1.82, 2.24) is 0 Å². The van der Waals surface area contributed by atoms with E-state index in [2.05, 4.69) is 24.4 Å². The summed E-state index contributed by atoms with van der Waals surface area (Å²) in [5.41, 5.74) is 3.46. The summed E-state index contributed by atoms with van der Waals surface area (Å²) < 4.78 is 0. The van der Waals surface area contributed by atoms with Gasteiger partial charge in [0.15, 0.2) is 0 Å². The van der Waals surface area contributed by atoms with Crippen molar-refractivity contribution in [1.29, 1.82) is 0 Å². The van der Waals surface area contributed by atoms with Gasteiger partial charge in [-0.05, 0) is 36.4 Å². The summed E-state index contributed by atoms with van der Waals surface area (Å²) in [5, 5.41) is 2.98. The SMILES string of the molecule is CSc1ccccc1NC(=O)CSCc1ccccc1C. The molecule has 0 heterocycles. The number of benzene rings is 2. The van der Waals surface area contributed by atoms with Crippen molar-refractivity contribution in [2.24, 2.45) is 0 Å². The number of para-hydroxylation sites is 1. The predicted octanol–water partition coefficient (Wildman–Crippen LogP) is 4.59. The molecule has 0 aliphatic rings. The van der Waals surface area contributed by atoms with Gasteiger partial charge < -0.3 is 5.32 Å². The van der Waals surface area contributed by atoms with E-state index in [4.69, 9.17) is 0 Å². The molecule has 4 heteroatoms. The third-order valence-electron chi connectivity index (χ3n) is 3.13. The van der Waals surface area contributed by atoms with Gasteiger partial charge in [0.2, 0.25) is 5.91 Å². The number of thioether (sulfide) groups is 2. The minimum absolute atomic E-state index is 0.0510. The summed E-state index contributed by atoms with van der Waals surface area (Å²) in [6.07, 6.45) is 2.01. The highest BCUT2D eigenvalue weighted by Crippen LogP contribution is 2.25. The van der Waals surface area contributed by atoms with Gasteiger partial charge in [0.25, 0.3) is 0 Å². The molecule has 0 atom stereocenters. The number of aryl methyl sites for hydroxylation is 1. The molecule has 2 rings (SSSR count). The fourth-order valence-corrected chi connectivity index (χ4v) is 3.42. The monoisotopic (exact) mass is 317 g/mol. The quantitative estimate of drug-likeness (QED) is 0.790. The first-order valence-electron chi connectivity index (χ1n) is 6.76. The minimum Gasteiger partial charge on any atom is -0.324 e. The zero-order valence-electron chi connectivity index (χ0n) is 12.3. The zero-order chi connectivity index (χ0) is 15.1. The number of carbonyl (C=O) groups excluding carboxylic acids is 1. The van der Waals surface area contributed by atoms with E-state index in [-0.39, 0.29) is 5.91 Å². The molecule has 1 amide bonds. The van der Waals surface area contributed by atoms with Crippen molar-refractivity contribution in [3.63, 3.8) is 0 Å². The van der Waals surface area contributed by atoms with Gasteiger partial charge in [0.05, 0.1) is 11.4 Å². The standard InChI is InChI=1S/C17H19NOS2/c1-13-7-3-4-8-14(13)11-21-12-17(19)18-15-9-5-6-10-16(15)20-2/h3-10H,11-12H2,1-2H3,(H,18,19). The fraction of sp³-hybridized carbons (Fsp3) is 0.235. The molecular weight excluding hydrogens is 298 g/mol. The Labute approximate surface area is 134 Å². The van der Waals surface area contributed by atoms with Crippen LogP contribution in [-0.2, 0) is 10.5 Å². The molecule has 2 aromatic carbocycles. The van der Waals surface area contributed by atoms with E-state index < -0.39 is 0 Å². The number of anilines is 1. The van der Waals surface area contributed by atoms with Crippen LogP contribution in [-0.4, -0.2) is 17.9 Å². The molecule has 0 radical (unpaired) electrons. The van der Waals surface area contributed by atoms with E-state index in [1.165, 1.54) is 11.1 Å². The molecule has 0 saturated carbocycles. The first-order valence-corrected chi connectivity index (χ1v) is 9.14. The van der Waals surface area contributed by atoms with Crippen molar-refractivity contribution in [2.45, 2.75) is 17.6 Å². The molecule has 0 aromatic heterocycles. The van der Waals surface area contributed by atoms with Crippen LogP contribution >= 0.6 is 23.5 Å². The molecule has 0 aliphatic carbocycles. The van der Waals surface area contributed by atoms with Crippen molar-refractivity contribution in [3.8, 4) is 0 Å². The van der Waals surface area contributed by atoms with Crippen molar-refractivity contribution >= 4 is 35.1 Å². The Hall–Kier alpha value is -1.39. The summed E-state index contributed by atoms with van der Waals surface area (Å²) in [4.78, 5) is 13.1. The first-order chi connectivity index (χ1) is 10.2. The molecular formula is C17H19NOS2. The van der Waals surface area contributed by atoms with Crippen LogP contribution < -0.4 is 5.32 Å². The molecule has 0 bridgehead atoms. The van der Waals surface area contributed by atoms with Gasteiger partial charge in [-0.3, -0.25) is 4.79 Å². The third kappa shape index (κ3) is 4.83. The summed E-state index contributed by atoms with van der Waals surface area (Å²) in [6, 6.07) is 16.2. The molecule has 2 aromatic rings. The van der Waals surface area contributed by atoms with Crippen LogP contribution in [0.15, 0.2) is 53.4 Å². The zero-order valence-corrected chi connectivity index (χ0v) is 13.9. The first kappa shape index (κ1) is 16.0. The molecule has 0 fully saturated rings. The van der Waals surface area contributed by atoms with E-state index in [0.29, 0.717) is 5.75 Å². The Morgan fingerprint density at radius 2 is 1.81 bits per heavy atom. The third-order valence-corrected chi connectivity index (χ3v) is 4.91. The predicted molar refractivity (Wildman–Crippen MR) is 94.2 cm³/mol. The van der Waals surface area contributed by atoms with Crippen LogP contribution in [0.2, 0.25) is 0 Å². The summed E-state index contributed by atoms with van der Waals surface area (Å²) in [5.74, 6) is 1.39. The Bertz CT molecular complexity index is 613. The summed E-state index contributed by atoms with van der Waals surface area (Å²) >= 11 is 3.28. The maximum absolute atomic E-state index is 12.0. The molecule has 0 aliphatic heterocycles. The Kier molecular flexibility index (Phi) is 6.21. The molecule has 1 N–H and O–H groups in total. The highest BCUT2D eigenvalue weighted by Gasteiger charge is 2.06. The van der Waals surface area contributed by atoms with Gasteiger partial charge in [-0.1, -0.05) is 36.4 Å². The second kappa shape index (κ2) is 8.15. The fourth-order valence-electron chi connectivity index (χ4n) is 1.96. The van der Waals surface area contributed by atoms with Crippen LogP contribution in [0.25, 0.3) is 0 Å². The summed E-state index contributed by atoms with van der Waals surface area (Å²) in [6.45, 7) is 2.10. The van der Waals surface area contributed by atoms with E-state index >= 15 is 0 Å². The Morgan fingerprint density at radius 1 is 1.10 bits per heavy atom. The van der Waals surface area contributed by atoms with Crippen molar-refractivity contribution in [3.05, 3.63) is 59.7 Å².